The number of unbranched alkanes of at least 4 members (excludes halogenated alkanes) is 1. The van der Waals surface area contributed by atoms with Gasteiger partial charge in [-0.15, -0.1) is 0 Å². The van der Waals surface area contributed by atoms with Gasteiger partial charge in [0.1, 0.15) is 11.5 Å². The zero-order chi connectivity index (χ0) is 31.6. The van der Waals surface area contributed by atoms with E-state index in [1.807, 2.05) is 25.1 Å². The van der Waals surface area contributed by atoms with Crippen molar-refractivity contribution in [2.75, 3.05) is 19.7 Å². The van der Waals surface area contributed by atoms with Gasteiger partial charge >= 0.3 is 0 Å². The predicted molar refractivity (Wildman–Crippen MR) is 179 cm³/mol. The molecule has 248 valence electrons. The number of hydrogen-bond donors (Lipinski definition) is 5. The third-order valence-electron chi connectivity index (χ3n) is 10.4. The van der Waals surface area contributed by atoms with Gasteiger partial charge in [-0.25, -0.2) is 0 Å². The standard InChI is InChI=1S/C38H56N2O5/c1-3-4-12-35-31(25-41)20-32(45-35)15-13-28-14-16-34(43)36(19-28)44-26-38(17-8-5-9-18-38)37-21-30(23-40-37)33(24-39-22-27(2)42)29-10-6-7-11-29/h14,16,19-21,23,27,29,33,39-43H,3-13,15,17-18,22,24-26H2,1-2H3/t27-,33+/m0/s1. The number of ether oxygens (including phenoxy) is 1. The van der Waals surface area contributed by atoms with Crippen LogP contribution in [-0.2, 0) is 31.3 Å². The van der Waals surface area contributed by atoms with Gasteiger partial charge in [0.15, 0.2) is 11.5 Å². The fourth-order valence-corrected chi connectivity index (χ4v) is 7.66. The molecule has 5 N–H and O–H groups in total. The largest absolute Gasteiger partial charge is 0.504 e. The Kier molecular flexibility index (Phi) is 12.1. The molecule has 0 aliphatic heterocycles. The third-order valence-corrected chi connectivity index (χ3v) is 10.4. The topological polar surface area (TPSA) is 111 Å². The number of furan rings is 1. The Morgan fingerprint density at radius 3 is 2.56 bits per heavy atom. The lowest BCUT2D eigenvalue weighted by Crippen LogP contribution is -2.36. The lowest BCUT2D eigenvalue weighted by atomic mass is 9.72. The molecule has 7 nitrogen and oxygen atoms in total. The average Bonchev–Trinajstić information content (AvgIpc) is 3.83. The first kappa shape index (κ1) is 33.6. The van der Waals surface area contributed by atoms with Crippen LogP contribution in [0.5, 0.6) is 11.5 Å². The molecule has 0 spiro atoms. The van der Waals surface area contributed by atoms with Crippen molar-refractivity contribution in [3.8, 4) is 11.5 Å². The van der Waals surface area contributed by atoms with Crippen LogP contribution in [0.3, 0.4) is 0 Å². The zero-order valence-electron chi connectivity index (χ0n) is 27.6. The Morgan fingerprint density at radius 2 is 1.82 bits per heavy atom. The van der Waals surface area contributed by atoms with Crippen LogP contribution in [0.25, 0.3) is 0 Å². The van der Waals surface area contributed by atoms with Gasteiger partial charge in [-0.2, -0.15) is 0 Å². The second kappa shape index (κ2) is 16.2. The van der Waals surface area contributed by atoms with Crippen LogP contribution in [0.15, 0.2) is 40.9 Å². The molecular formula is C38H56N2O5. The van der Waals surface area contributed by atoms with Crippen LogP contribution in [0.4, 0.5) is 0 Å². The van der Waals surface area contributed by atoms with Crippen LogP contribution in [0, 0.1) is 5.92 Å². The molecule has 7 heteroatoms. The fraction of sp³-hybridized carbons (Fsp3) is 0.632. The molecule has 45 heavy (non-hydrogen) atoms. The van der Waals surface area contributed by atoms with Gasteiger partial charge in [0.25, 0.3) is 0 Å². The van der Waals surface area contributed by atoms with Gasteiger partial charge < -0.3 is 34.8 Å². The number of aromatic hydroxyl groups is 1. The highest BCUT2D eigenvalue weighted by Crippen LogP contribution is 2.43. The van der Waals surface area contributed by atoms with Crippen molar-refractivity contribution in [1.82, 2.24) is 10.3 Å². The Morgan fingerprint density at radius 1 is 1.02 bits per heavy atom. The summed E-state index contributed by atoms with van der Waals surface area (Å²) in [5.41, 5.74) is 4.48. The van der Waals surface area contributed by atoms with Crippen molar-refractivity contribution < 1.29 is 24.5 Å². The molecule has 2 aliphatic rings. The van der Waals surface area contributed by atoms with Gasteiger partial charge in [0.05, 0.1) is 19.3 Å². The van der Waals surface area contributed by atoms with Crippen LogP contribution in [0.2, 0.25) is 0 Å². The number of aromatic amines is 1. The molecule has 0 unspecified atom stereocenters. The molecule has 2 saturated carbocycles. The highest BCUT2D eigenvalue weighted by molar-refractivity contribution is 5.42. The first-order valence-electron chi connectivity index (χ1n) is 17.6. The minimum atomic E-state index is -0.346. The summed E-state index contributed by atoms with van der Waals surface area (Å²) in [4.78, 5) is 3.70. The number of benzene rings is 1. The lowest BCUT2D eigenvalue weighted by molar-refractivity contribution is 0.161. The molecular weight excluding hydrogens is 564 g/mol. The summed E-state index contributed by atoms with van der Waals surface area (Å²) in [5, 5.41) is 33.9. The van der Waals surface area contributed by atoms with E-state index < -0.39 is 0 Å². The van der Waals surface area contributed by atoms with Gasteiger partial charge in [0, 0.05) is 54.7 Å². The third kappa shape index (κ3) is 8.75. The molecule has 0 amide bonds. The maximum absolute atomic E-state index is 10.8. The van der Waals surface area contributed by atoms with Gasteiger partial charge in [-0.1, -0.05) is 51.5 Å². The second-order valence-corrected chi connectivity index (χ2v) is 13.9. The maximum atomic E-state index is 10.8. The first-order valence-corrected chi connectivity index (χ1v) is 17.6. The van der Waals surface area contributed by atoms with Crippen LogP contribution >= 0.6 is 0 Å². The van der Waals surface area contributed by atoms with Crippen LogP contribution in [0.1, 0.15) is 124 Å². The number of aromatic nitrogens is 1. The van der Waals surface area contributed by atoms with Crippen molar-refractivity contribution >= 4 is 0 Å². The van der Waals surface area contributed by atoms with Crippen LogP contribution < -0.4 is 10.1 Å². The Bertz CT molecular complexity index is 1320. The molecule has 2 aliphatic carbocycles. The summed E-state index contributed by atoms with van der Waals surface area (Å²) in [5.74, 6) is 3.61. The van der Waals surface area contributed by atoms with Crippen molar-refractivity contribution in [3.63, 3.8) is 0 Å². The monoisotopic (exact) mass is 620 g/mol. The van der Waals surface area contributed by atoms with E-state index in [0.29, 0.717) is 30.7 Å². The summed E-state index contributed by atoms with van der Waals surface area (Å²) in [7, 11) is 0. The van der Waals surface area contributed by atoms with E-state index in [0.717, 1.165) is 74.1 Å². The molecule has 3 aromatic rings. The van der Waals surface area contributed by atoms with Gasteiger partial charge in [0.2, 0.25) is 0 Å². The molecule has 0 radical (unpaired) electrons. The maximum Gasteiger partial charge on any atom is 0.161 e. The summed E-state index contributed by atoms with van der Waals surface area (Å²) >= 11 is 0. The Hall–Kier alpha value is -2.74. The number of phenols is 1. The van der Waals surface area contributed by atoms with Crippen molar-refractivity contribution in [3.05, 3.63) is 70.4 Å². The minimum absolute atomic E-state index is 0.00488. The summed E-state index contributed by atoms with van der Waals surface area (Å²) in [6.07, 6.45) is 17.2. The van der Waals surface area contributed by atoms with E-state index in [1.165, 1.54) is 56.2 Å². The number of aliphatic hydroxyl groups excluding tert-OH is 2. The summed E-state index contributed by atoms with van der Waals surface area (Å²) < 4.78 is 12.6. The quantitative estimate of drug-likeness (QED) is 0.107. The molecule has 1 aromatic carbocycles. The smallest absolute Gasteiger partial charge is 0.161 e. The molecule has 5 rings (SSSR count). The van der Waals surface area contributed by atoms with Crippen LogP contribution in [-0.4, -0.2) is 46.1 Å². The Labute approximate surface area is 269 Å². The second-order valence-electron chi connectivity index (χ2n) is 13.9. The molecule has 2 fully saturated rings. The number of rotatable bonds is 17. The van der Waals surface area contributed by atoms with E-state index in [9.17, 15) is 15.3 Å². The highest BCUT2D eigenvalue weighted by Gasteiger charge is 2.37. The fourth-order valence-electron chi connectivity index (χ4n) is 7.66. The van der Waals surface area contributed by atoms with Gasteiger partial charge in [-0.05, 0) is 86.8 Å². The van der Waals surface area contributed by atoms with E-state index in [4.69, 9.17) is 9.15 Å². The van der Waals surface area contributed by atoms with Crippen molar-refractivity contribution in [2.24, 2.45) is 5.92 Å². The van der Waals surface area contributed by atoms with Crippen molar-refractivity contribution in [1.29, 1.82) is 0 Å². The van der Waals surface area contributed by atoms with E-state index >= 15 is 0 Å². The minimum Gasteiger partial charge on any atom is -0.504 e. The molecule has 2 heterocycles. The number of aliphatic hydroxyl groups is 2. The summed E-state index contributed by atoms with van der Waals surface area (Å²) in [6, 6.07) is 10.1. The van der Waals surface area contributed by atoms with E-state index in [1.54, 1.807) is 6.07 Å². The molecule has 2 aromatic heterocycles. The molecule has 2 atom stereocenters. The highest BCUT2D eigenvalue weighted by atomic mass is 16.5. The number of H-pyrrole nitrogens is 1. The average molecular weight is 621 g/mol. The number of nitrogens with one attached hydrogen (secondary N) is 2. The van der Waals surface area contributed by atoms with Gasteiger partial charge in [-0.3, -0.25) is 0 Å². The summed E-state index contributed by atoms with van der Waals surface area (Å²) in [6.45, 7) is 6.03. The van der Waals surface area contributed by atoms with E-state index in [2.05, 4.69) is 29.5 Å². The zero-order valence-corrected chi connectivity index (χ0v) is 27.6. The number of aryl methyl sites for hydroxylation is 3. The molecule has 0 saturated heterocycles. The SMILES string of the molecule is CCCCc1oc(CCc2ccc(O)c(OCC3(c4cc([C@H](CNC[C@H](C)O)C5CCCC5)c[nH]4)CCCCC3)c2)cc1CO. The molecule has 0 bridgehead atoms. The van der Waals surface area contributed by atoms with Crippen molar-refractivity contribution in [2.45, 2.75) is 128 Å². The van der Waals surface area contributed by atoms with E-state index in [-0.39, 0.29) is 23.9 Å². The number of phenolic OH excluding ortho intramolecular Hbond substituents is 1. The normalized spacial score (nSPS) is 18.3. The lowest BCUT2D eigenvalue weighted by Gasteiger charge is -2.36. The first-order chi connectivity index (χ1) is 21.9. The predicted octanol–water partition coefficient (Wildman–Crippen LogP) is 7.46. The number of hydrogen-bond acceptors (Lipinski definition) is 6. The Balaban J connectivity index is 1.28.